The number of aromatic nitrogens is 3. The van der Waals surface area contributed by atoms with Crippen LogP contribution in [0.5, 0.6) is 5.75 Å². The summed E-state index contributed by atoms with van der Waals surface area (Å²) in [6.45, 7) is 8.68. The van der Waals surface area contributed by atoms with Crippen LogP contribution in [0.25, 0.3) is 0 Å². The Labute approximate surface area is 124 Å². The van der Waals surface area contributed by atoms with E-state index in [-0.39, 0.29) is 0 Å². The maximum absolute atomic E-state index is 5.96. The van der Waals surface area contributed by atoms with Gasteiger partial charge in [0.05, 0.1) is 30.9 Å². The Morgan fingerprint density at radius 1 is 1.25 bits per heavy atom. The van der Waals surface area contributed by atoms with Gasteiger partial charge in [-0.3, -0.25) is 9.67 Å². The lowest BCUT2D eigenvalue weighted by Crippen LogP contribution is -2.09. The van der Waals surface area contributed by atoms with Crippen molar-refractivity contribution in [2.75, 3.05) is 7.11 Å². The number of hydrogen-bond donors (Lipinski definition) is 0. The second-order valence-electron chi connectivity index (χ2n) is 4.99. The van der Waals surface area contributed by atoms with Crippen LogP contribution < -0.4 is 4.74 Å². The summed E-state index contributed by atoms with van der Waals surface area (Å²) >= 11 is 5.96. The molecule has 0 spiro atoms. The van der Waals surface area contributed by atoms with Crippen LogP contribution in [0.1, 0.15) is 33.8 Å². The molecule has 108 valence electrons. The Hall–Kier alpha value is -1.55. The highest BCUT2D eigenvalue weighted by Crippen LogP contribution is 2.25. The molecule has 0 saturated carbocycles. The zero-order valence-electron chi connectivity index (χ0n) is 12.6. The van der Waals surface area contributed by atoms with E-state index < -0.39 is 0 Å². The number of alkyl halides is 1. The molecular weight excluding hydrogens is 274 g/mol. The highest BCUT2D eigenvalue weighted by molar-refractivity contribution is 6.17. The second kappa shape index (κ2) is 5.83. The third-order valence-electron chi connectivity index (χ3n) is 3.71. The number of pyridine rings is 1. The summed E-state index contributed by atoms with van der Waals surface area (Å²) in [5.74, 6) is 1.38. The number of methoxy groups -OCH3 is 1. The fourth-order valence-corrected chi connectivity index (χ4v) is 2.84. The van der Waals surface area contributed by atoms with Crippen LogP contribution in [-0.4, -0.2) is 21.9 Å². The molecule has 0 radical (unpaired) electrons. The molecule has 20 heavy (non-hydrogen) atoms. The van der Waals surface area contributed by atoms with Gasteiger partial charge in [-0.15, -0.1) is 11.6 Å². The third kappa shape index (κ3) is 2.52. The van der Waals surface area contributed by atoms with Crippen LogP contribution in [0.3, 0.4) is 0 Å². The molecule has 0 N–H and O–H groups in total. The van der Waals surface area contributed by atoms with Gasteiger partial charge < -0.3 is 4.74 Å². The Balaban J connectivity index is 2.40. The standard InChI is InChI=1S/C15H20ClN3O/c1-9-7-17-14(10(2)15(9)20-5)8-19-12(4)13(6-16)11(3)18-19/h7H,6,8H2,1-5H3. The van der Waals surface area contributed by atoms with Crippen LogP contribution in [0.2, 0.25) is 0 Å². The SMILES string of the molecule is COc1c(C)cnc(Cn2nc(C)c(CCl)c2C)c1C. The molecule has 2 aromatic rings. The van der Waals surface area contributed by atoms with Gasteiger partial charge in [0.1, 0.15) is 5.75 Å². The van der Waals surface area contributed by atoms with E-state index in [0.717, 1.165) is 39.5 Å². The van der Waals surface area contributed by atoms with Crippen molar-refractivity contribution in [2.45, 2.75) is 40.1 Å². The van der Waals surface area contributed by atoms with Gasteiger partial charge in [-0.2, -0.15) is 5.10 Å². The van der Waals surface area contributed by atoms with E-state index in [0.29, 0.717) is 12.4 Å². The maximum Gasteiger partial charge on any atom is 0.128 e. The summed E-state index contributed by atoms with van der Waals surface area (Å²) in [5, 5.41) is 4.55. The molecule has 0 aliphatic heterocycles. The summed E-state index contributed by atoms with van der Waals surface area (Å²) in [4.78, 5) is 4.51. The first-order valence-corrected chi connectivity index (χ1v) is 7.11. The van der Waals surface area contributed by atoms with Crippen molar-refractivity contribution in [3.8, 4) is 5.75 Å². The van der Waals surface area contributed by atoms with Gasteiger partial charge in [0.15, 0.2) is 0 Å². The number of halogens is 1. The predicted molar refractivity (Wildman–Crippen MR) is 80.6 cm³/mol. The number of aryl methyl sites for hydroxylation is 2. The normalized spacial score (nSPS) is 10.9. The molecule has 4 nitrogen and oxygen atoms in total. The Morgan fingerprint density at radius 3 is 2.50 bits per heavy atom. The first-order valence-electron chi connectivity index (χ1n) is 6.57. The highest BCUT2D eigenvalue weighted by atomic mass is 35.5. The number of hydrogen-bond acceptors (Lipinski definition) is 3. The fraction of sp³-hybridized carbons (Fsp3) is 0.467. The Morgan fingerprint density at radius 2 is 1.95 bits per heavy atom. The smallest absolute Gasteiger partial charge is 0.128 e. The van der Waals surface area contributed by atoms with Crippen LogP contribution in [0, 0.1) is 27.7 Å². The lowest BCUT2D eigenvalue weighted by Gasteiger charge is -2.13. The van der Waals surface area contributed by atoms with Gasteiger partial charge in [-0.25, -0.2) is 0 Å². The number of ether oxygens (including phenoxy) is 1. The van der Waals surface area contributed by atoms with Gasteiger partial charge in [0.2, 0.25) is 0 Å². The highest BCUT2D eigenvalue weighted by Gasteiger charge is 2.14. The molecule has 0 amide bonds. The van der Waals surface area contributed by atoms with Gasteiger partial charge in [-0.1, -0.05) is 0 Å². The summed E-state index contributed by atoms with van der Waals surface area (Å²) in [6.07, 6.45) is 1.84. The van der Waals surface area contributed by atoms with E-state index in [4.69, 9.17) is 16.3 Å². The maximum atomic E-state index is 5.96. The summed E-state index contributed by atoms with van der Waals surface area (Å²) in [6, 6.07) is 0. The van der Waals surface area contributed by atoms with Crippen LogP contribution >= 0.6 is 11.6 Å². The molecule has 5 heteroatoms. The second-order valence-corrected chi connectivity index (χ2v) is 5.25. The predicted octanol–water partition coefficient (Wildman–Crippen LogP) is 3.31. The lowest BCUT2D eigenvalue weighted by molar-refractivity contribution is 0.406. The zero-order chi connectivity index (χ0) is 14.9. The van der Waals surface area contributed by atoms with Crippen molar-refractivity contribution in [3.05, 3.63) is 40.0 Å². The molecule has 0 aliphatic rings. The number of nitrogens with zero attached hydrogens (tertiary/aromatic N) is 3. The summed E-state index contributed by atoms with van der Waals surface area (Å²) in [5.41, 5.74) is 6.26. The van der Waals surface area contributed by atoms with Gasteiger partial charge in [0.25, 0.3) is 0 Å². The van der Waals surface area contributed by atoms with E-state index in [1.807, 2.05) is 38.6 Å². The van der Waals surface area contributed by atoms with Crippen molar-refractivity contribution < 1.29 is 4.74 Å². The van der Waals surface area contributed by atoms with Gasteiger partial charge >= 0.3 is 0 Å². The average Bonchev–Trinajstić information content (AvgIpc) is 2.68. The molecule has 0 bridgehead atoms. The summed E-state index contributed by atoms with van der Waals surface area (Å²) in [7, 11) is 1.69. The fourth-order valence-electron chi connectivity index (χ4n) is 2.45. The van der Waals surface area contributed by atoms with E-state index >= 15 is 0 Å². The minimum absolute atomic E-state index is 0.487. The van der Waals surface area contributed by atoms with Crippen molar-refractivity contribution in [1.82, 2.24) is 14.8 Å². The minimum atomic E-state index is 0.487. The first kappa shape index (κ1) is 14.9. The molecule has 2 rings (SSSR count). The average molecular weight is 294 g/mol. The van der Waals surface area contributed by atoms with Crippen molar-refractivity contribution in [2.24, 2.45) is 0 Å². The monoisotopic (exact) mass is 293 g/mol. The van der Waals surface area contributed by atoms with Gasteiger partial charge in [-0.05, 0) is 27.7 Å². The minimum Gasteiger partial charge on any atom is -0.496 e. The molecule has 2 aromatic heterocycles. The molecule has 0 fully saturated rings. The van der Waals surface area contributed by atoms with Crippen LogP contribution in [0.4, 0.5) is 0 Å². The van der Waals surface area contributed by atoms with Crippen molar-refractivity contribution in [1.29, 1.82) is 0 Å². The topological polar surface area (TPSA) is 39.9 Å². The van der Waals surface area contributed by atoms with E-state index in [1.165, 1.54) is 0 Å². The van der Waals surface area contributed by atoms with Crippen molar-refractivity contribution in [3.63, 3.8) is 0 Å². The molecule has 0 atom stereocenters. The Bertz CT molecular complexity index is 635. The zero-order valence-corrected chi connectivity index (χ0v) is 13.4. The van der Waals surface area contributed by atoms with Crippen LogP contribution in [-0.2, 0) is 12.4 Å². The van der Waals surface area contributed by atoms with E-state index in [9.17, 15) is 0 Å². The van der Waals surface area contributed by atoms with Crippen molar-refractivity contribution >= 4 is 11.6 Å². The number of rotatable bonds is 4. The molecule has 0 aromatic carbocycles. The summed E-state index contributed by atoms with van der Waals surface area (Å²) < 4.78 is 7.40. The molecule has 0 aliphatic carbocycles. The molecule has 2 heterocycles. The van der Waals surface area contributed by atoms with E-state index in [1.54, 1.807) is 7.11 Å². The molecule has 0 unspecified atom stereocenters. The Kier molecular flexibility index (Phi) is 4.33. The quantitative estimate of drug-likeness (QED) is 0.812. The molecule has 0 saturated heterocycles. The first-order chi connectivity index (χ1) is 9.49. The largest absolute Gasteiger partial charge is 0.496 e. The van der Waals surface area contributed by atoms with Crippen LogP contribution in [0.15, 0.2) is 6.20 Å². The lowest BCUT2D eigenvalue weighted by atomic mass is 10.1. The van der Waals surface area contributed by atoms with Gasteiger partial charge in [0, 0.05) is 28.6 Å². The third-order valence-corrected chi connectivity index (χ3v) is 3.98. The van der Waals surface area contributed by atoms with E-state index in [2.05, 4.69) is 10.1 Å². The molecular formula is C15H20ClN3O.